The van der Waals surface area contributed by atoms with Crippen LogP contribution in [0.2, 0.25) is 0 Å². The molecule has 2 aliphatic rings. The predicted molar refractivity (Wildman–Crippen MR) is 99.5 cm³/mol. The highest BCUT2D eigenvalue weighted by Crippen LogP contribution is 2.47. The summed E-state index contributed by atoms with van der Waals surface area (Å²) < 4.78 is 4.57. The molecule has 1 saturated carbocycles. The molecule has 118 valence electrons. The van der Waals surface area contributed by atoms with E-state index in [2.05, 4.69) is 71.3 Å². The van der Waals surface area contributed by atoms with Crippen molar-refractivity contribution in [3.63, 3.8) is 0 Å². The van der Waals surface area contributed by atoms with Crippen LogP contribution in [0.3, 0.4) is 0 Å². The summed E-state index contributed by atoms with van der Waals surface area (Å²) in [5.74, 6) is 2.06. The Morgan fingerprint density at radius 3 is 2.78 bits per heavy atom. The van der Waals surface area contributed by atoms with E-state index in [0.29, 0.717) is 5.92 Å². The monoisotopic (exact) mass is 323 g/mol. The van der Waals surface area contributed by atoms with E-state index in [9.17, 15) is 0 Å². The third-order valence-electron chi connectivity index (χ3n) is 4.37. The molecule has 0 radical (unpaired) electrons. The van der Waals surface area contributed by atoms with Gasteiger partial charge < -0.3 is 10.6 Å². The first-order valence-corrected chi connectivity index (χ1v) is 9.00. The summed E-state index contributed by atoms with van der Waals surface area (Å²) in [4.78, 5) is 1.22. The van der Waals surface area contributed by atoms with Gasteiger partial charge in [-0.25, -0.2) is 0 Å². The summed E-state index contributed by atoms with van der Waals surface area (Å²) in [6, 6.07) is 15.1. The lowest BCUT2D eigenvalue weighted by Gasteiger charge is -2.21. The van der Waals surface area contributed by atoms with E-state index in [0.717, 1.165) is 17.6 Å². The SMILES string of the molecule is CC(C)c1cccc(NC2=NSc3cccc(C4CC4)c3N2)c1. The first-order valence-electron chi connectivity index (χ1n) is 8.22. The number of anilines is 2. The minimum atomic E-state index is 0.523. The minimum Gasteiger partial charge on any atom is -0.325 e. The molecule has 23 heavy (non-hydrogen) atoms. The van der Waals surface area contributed by atoms with Crippen molar-refractivity contribution in [1.29, 1.82) is 0 Å². The third kappa shape index (κ3) is 3.08. The van der Waals surface area contributed by atoms with Crippen LogP contribution in [0.5, 0.6) is 0 Å². The number of nitrogens with zero attached hydrogens (tertiary/aromatic N) is 1. The van der Waals surface area contributed by atoms with Crippen LogP contribution in [0.15, 0.2) is 51.8 Å². The second-order valence-corrected chi connectivity index (χ2v) is 7.36. The normalized spacial score (nSPS) is 16.6. The fraction of sp³-hybridized carbons (Fsp3) is 0.316. The van der Waals surface area contributed by atoms with Crippen LogP contribution >= 0.6 is 11.9 Å². The average molecular weight is 323 g/mol. The molecule has 0 unspecified atom stereocenters. The predicted octanol–water partition coefficient (Wildman–Crippen LogP) is 5.59. The van der Waals surface area contributed by atoms with E-state index in [1.165, 1.54) is 34.6 Å². The van der Waals surface area contributed by atoms with Crippen molar-refractivity contribution in [3.05, 3.63) is 53.6 Å². The van der Waals surface area contributed by atoms with Crippen molar-refractivity contribution in [3.8, 4) is 0 Å². The van der Waals surface area contributed by atoms with E-state index in [1.54, 1.807) is 11.9 Å². The maximum absolute atomic E-state index is 4.57. The number of benzene rings is 2. The topological polar surface area (TPSA) is 36.4 Å². The summed E-state index contributed by atoms with van der Waals surface area (Å²) >= 11 is 1.55. The summed E-state index contributed by atoms with van der Waals surface area (Å²) in [6.45, 7) is 4.42. The molecule has 0 bridgehead atoms. The van der Waals surface area contributed by atoms with Gasteiger partial charge >= 0.3 is 0 Å². The van der Waals surface area contributed by atoms with Crippen molar-refractivity contribution in [1.82, 2.24) is 0 Å². The van der Waals surface area contributed by atoms with Crippen LogP contribution in [0.25, 0.3) is 0 Å². The molecule has 3 nitrogen and oxygen atoms in total. The van der Waals surface area contributed by atoms with E-state index in [1.807, 2.05) is 0 Å². The van der Waals surface area contributed by atoms with E-state index in [-0.39, 0.29) is 0 Å². The van der Waals surface area contributed by atoms with Gasteiger partial charge in [-0.1, -0.05) is 38.1 Å². The number of fused-ring (bicyclic) bond motifs is 1. The van der Waals surface area contributed by atoms with E-state index in [4.69, 9.17) is 0 Å². The molecule has 1 aliphatic heterocycles. The molecule has 0 spiro atoms. The summed E-state index contributed by atoms with van der Waals surface area (Å²) in [5, 5.41) is 6.92. The van der Waals surface area contributed by atoms with Gasteiger partial charge in [-0.15, -0.1) is 0 Å². The second-order valence-electron chi connectivity index (χ2n) is 6.56. The van der Waals surface area contributed by atoms with Gasteiger partial charge in [-0.2, -0.15) is 4.40 Å². The number of guanidine groups is 1. The highest BCUT2D eigenvalue weighted by Gasteiger charge is 2.28. The van der Waals surface area contributed by atoms with Gasteiger partial charge in [0.25, 0.3) is 0 Å². The van der Waals surface area contributed by atoms with Crippen molar-refractivity contribution in [2.24, 2.45) is 4.40 Å². The van der Waals surface area contributed by atoms with E-state index < -0.39 is 0 Å². The Labute approximate surface area is 141 Å². The van der Waals surface area contributed by atoms with Gasteiger partial charge in [-0.05, 0) is 54.0 Å². The van der Waals surface area contributed by atoms with Gasteiger partial charge in [0.15, 0.2) is 0 Å². The summed E-state index contributed by atoms with van der Waals surface area (Å²) in [7, 11) is 0. The van der Waals surface area contributed by atoms with Crippen molar-refractivity contribution < 1.29 is 0 Å². The smallest absolute Gasteiger partial charge is 0.212 e. The van der Waals surface area contributed by atoms with Crippen molar-refractivity contribution in [2.45, 2.75) is 43.4 Å². The molecule has 0 saturated heterocycles. The quantitative estimate of drug-likeness (QED) is 0.723. The third-order valence-corrected chi connectivity index (χ3v) is 5.18. The van der Waals surface area contributed by atoms with Gasteiger partial charge in [-0.3, -0.25) is 0 Å². The number of nitrogens with one attached hydrogen (secondary N) is 2. The highest BCUT2D eigenvalue weighted by molar-refractivity contribution is 7.98. The molecule has 4 heteroatoms. The fourth-order valence-corrected chi connectivity index (χ4v) is 3.58. The molecular formula is C19H21N3S. The van der Waals surface area contributed by atoms with Gasteiger partial charge in [0.1, 0.15) is 0 Å². The molecule has 4 rings (SSSR count). The Kier molecular flexibility index (Phi) is 3.77. The molecule has 0 amide bonds. The lowest BCUT2D eigenvalue weighted by Crippen LogP contribution is -2.24. The maximum atomic E-state index is 4.57. The Morgan fingerprint density at radius 1 is 1.17 bits per heavy atom. The van der Waals surface area contributed by atoms with Crippen LogP contribution in [-0.4, -0.2) is 5.96 Å². The highest BCUT2D eigenvalue weighted by atomic mass is 32.2. The lowest BCUT2D eigenvalue weighted by atomic mass is 10.0. The van der Waals surface area contributed by atoms with Gasteiger partial charge in [0.05, 0.1) is 10.6 Å². The van der Waals surface area contributed by atoms with Gasteiger partial charge in [0, 0.05) is 17.6 Å². The average Bonchev–Trinajstić information content (AvgIpc) is 3.39. The van der Waals surface area contributed by atoms with Crippen LogP contribution in [0, 0.1) is 0 Å². The number of para-hydroxylation sites is 1. The number of hydrogen-bond donors (Lipinski definition) is 2. The minimum absolute atomic E-state index is 0.523. The van der Waals surface area contributed by atoms with Crippen molar-refractivity contribution in [2.75, 3.05) is 10.6 Å². The number of rotatable bonds is 3. The van der Waals surface area contributed by atoms with Gasteiger partial charge in [0.2, 0.25) is 5.96 Å². The Morgan fingerprint density at radius 2 is 2.00 bits per heavy atom. The zero-order chi connectivity index (χ0) is 15.8. The Bertz CT molecular complexity index is 763. The van der Waals surface area contributed by atoms with Crippen molar-refractivity contribution >= 4 is 29.3 Å². The molecule has 2 aromatic carbocycles. The molecule has 2 N–H and O–H groups in total. The Hall–Kier alpha value is -1.94. The van der Waals surface area contributed by atoms with Crippen LogP contribution in [0.4, 0.5) is 11.4 Å². The zero-order valence-corrected chi connectivity index (χ0v) is 14.3. The summed E-state index contributed by atoms with van der Waals surface area (Å²) in [6.07, 6.45) is 2.61. The lowest BCUT2D eigenvalue weighted by molar-refractivity contribution is 0.867. The zero-order valence-electron chi connectivity index (χ0n) is 13.5. The largest absolute Gasteiger partial charge is 0.325 e. The molecule has 0 atom stereocenters. The summed E-state index contributed by atoms with van der Waals surface area (Å²) in [5.41, 5.74) is 5.08. The van der Waals surface area contributed by atoms with Crippen LogP contribution in [0.1, 0.15) is 49.7 Å². The number of hydrogen-bond acceptors (Lipinski definition) is 4. The molecule has 2 aromatic rings. The molecule has 1 aliphatic carbocycles. The first kappa shape index (κ1) is 14.6. The van der Waals surface area contributed by atoms with Crippen LogP contribution in [-0.2, 0) is 0 Å². The molecular weight excluding hydrogens is 302 g/mol. The maximum Gasteiger partial charge on any atom is 0.212 e. The fourth-order valence-electron chi connectivity index (χ4n) is 2.89. The molecule has 0 aromatic heterocycles. The molecule has 1 fully saturated rings. The molecule has 1 heterocycles. The van der Waals surface area contributed by atoms with E-state index >= 15 is 0 Å². The standard InChI is InChI=1S/C19H21N3S/c1-12(2)14-5-3-6-15(11-14)20-19-21-18-16(13-9-10-13)7-4-8-17(18)23-22-19/h3-8,11-13H,9-10H2,1-2H3,(H2,20,21,22). The second kappa shape index (κ2) is 5.93. The van der Waals surface area contributed by atoms with Crippen LogP contribution < -0.4 is 10.6 Å². The first-order chi connectivity index (χ1) is 11.2. The Balaban J connectivity index is 1.56.